The molecule has 0 heterocycles. The highest BCUT2D eigenvalue weighted by Crippen LogP contribution is 2.38. The van der Waals surface area contributed by atoms with Gasteiger partial charge in [0.1, 0.15) is 22.4 Å². The van der Waals surface area contributed by atoms with Crippen LogP contribution in [-0.4, -0.2) is 29.1 Å². The van der Waals surface area contributed by atoms with E-state index in [1.807, 2.05) is 6.92 Å². The van der Waals surface area contributed by atoms with Crippen molar-refractivity contribution in [3.05, 3.63) is 32.8 Å². The minimum Gasteiger partial charge on any atom is -0.486 e. The van der Waals surface area contributed by atoms with Gasteiger partial charge in [0.15, 0.2) is 0 Å². The molecule has 1 aliphatic rings. The molecule has 0 bridgehead atoms. The first kappa shape index (κ1) is 15.5. The fourth-order valence-corrected chi connectivity index (χ4v) is 2.92. The molecule has 5 nitrogen and oxygen atoms in total. The summed E-state index contributed by atoms with van der Waals surface area (Å²) in [4.78, 5) is 10.4. The molecule has 1 saturated carbocycles. The van der Waals surface area contributed by atoms with E-state index < -0.39 is 4.92 Å². The van der Waals surface area contributed by atoms with E-state index in [1.54, 1.807) is 12.1 Å². The Bertz CT molecular complexity index is 499. The highest BCUT2D eigenvalue weighted by Gasteiger charge is 2.43. The maximum absolute atomic E-state index is 10.9. The lowest BCUT2D eigenvalue weighted by Gasteiger charge is -2.40. The summed E-state index contributed by atoms with van der Waals surface area (Å²) in [5.74, 6) is 0.442. The van der Waals surface area contributed by atoms with Gasteiger partial charge in [-0.25, -0.2) is 0 Å². The maximum Gasteiger partial charge on any atom is 0.287 e. The van der Waals surface area contributed by atoms with Crippen molar-refractivity contribution in [3.63, 3.8) is 0 Å². The van der Waals surface area contributed by atoms with Crippen molar-refractivity contribution < 1.29 is 14.4 Å². The normalized spacial score (nSPS) is 25.1. The molecule has 7 heteroatoms. The molecule has 1 aliphatic carbocycles. The zero-order valence-electron chi connectivity index (χ0n) is 10.9. The van der Waals surface area contributed by atoms with Crippen LogP contribution in [-0.2, 0) is 4.74 Å². The molecule has 3 atom stereocenters. The van der Waals surface area contributed by atoms with Gasteiger partial charge in [0.05, 0.1) is 10.3 Å². The second-order valence-electron chi connectivity index (χ2n) is 4.59. The Balaban J connectivity index is 2.07. The summed E-state index contributed by atoms with van der Waals surface area (Å²) in [6.45, 7) is 2.65. The van der Waals surface area contributed by atoms with Gasteiger partial charge in [-0.05, 0) is 28.4 Å². The van der Waals surface area contributed by atoms with Crippen LogP contribution in [0.4, 0.5) is 5.69 Å². The van der Waals surface area contributed by atoms with Crippen LogP contribution in [0.15, 0.2) is 22.7 Å². The number of halogens is 2. The van der Waals surface area contributed by atoms with Gasteiger partial charge in [0.2, 0.25) is 0 Å². The lowest BCUT2D eigenvalue weighted by atomic mass is 9.91. The third-order valence-electron chi connectivity index (χ3n) is 3.11. The Labute approximate surface area is 130 Å². The lowest BCUT2D eigenvalue weighted by Crippen LogP contribution is -2.52. The summed E-state index contributed by atoms with van der Waals surface area (Å²) in [7, 11) is 0. The van der Waals surface area contributed by atoms with E-state index >= 15 is 0 Å². The molecule has 0 spiro atoms. The molecular weight excluding hydrogens is 350 g/mol. The molecule has 20 heavy (non-hydrogen) atoms. The van der Waals surface area contributed by atoms with Crippen LogP contribution >= 0.6 is 27.5 Å². The van der Waals surface area contributed by atoms with Crippen LogP contribution in [0.2, 0.25) is 0 Å². The molecule has 2 rings (SSSR count). The summed E-state index contributed by atoms with van der Waals surface area (Å²) < 4.78 is 11.8. The highest BCUT2D eigenvalue weighted by molar-refractivity contribution is 9.10. The molecule has 1 aromatic rings. The molecule has 0 aromatic heterocycles. The Morgan fingerprint density at radius 3 is 2.90 bits per heavy atom. The smallest absolute Gasteiger partial charge is 0.287 e. The van der Waals surface area contributed by atoms with Crippen LogP contribution in [0.1, 0.15) is 19.8 Å². The number of hydrogen-bond acceptors (Lipinski definition) is 4. The predicted octanol–water partition coefficient (Wildman–Crippen LogP) is 3.91. The summed E-state index contributed by atoms with van der Waals surface area (Å²) in [5, 5.41) is 10.8. The third-order valence-corrected chi connectivity index (χ3v) is 4.34. The number of rotatable bonds is 6. The number of nitro groups is 1. The number of nitrogens with zero attached hydrogens (tertiary/aromatic N) is 1. The van der Waals surface area contributed by atoms with Gasteiger partial charge in [-0.1, -0.05) is 13.0 Å². The quantitative estimate of drug-likeness (QED) is 0.436. The van der Waals surface area contributed by atoms with Gasteiger partial charge in [0, 0.05) is 19.1 Å². The van der Waals surface area contributed by atoms with Crippen molar-refractivity contribution in [1.29, 1.82) is 0 Å². The van der Waals surface area contributed by atoms with Crippen molar-refractivity contribution >= 4 is 33.2 Å². The second kappa shape index (κ2) is 6.74. The summed E-state index contributed by atoms with van der Waals surface area (Å²) >= 11 is 9.32. The Morgan fingerprint density at radius 2 is 2.30 bits per heavy atom. The minimum absolute atomic E-state index is 0.0183. The molecule has 0 amide bonds. The van der Waals surface area contributed by atoms with E-state index in [4.69, 9.17) is 21.1 Å². The van der Waals surface area contributed by atoms with E-state index in [0.717, 1.165) is 6.42 Å². The van der Waals surface area contributed by atoms with Crippen molar-refractivity contribution in [2.45, 2.75) is 37.4 Å². The number of ether oxygens (including phenoxy) is 2. The molecule has 1 fully saturated rings. The second-order valence-corrected chi connectivity index (χ2v) is 5.94. The first-order valence-electron chi connectivity index (χ1n) is 6.39. The fraction of sp³-hybridized carbons (Fsp3) is 0.538. The molecule has 0 radical (unpaired) electrons. The summed E-state index contributed by atoms with van der Waals surface area (Å²) in [5.41, 5.74) is -0.0183. The standard InChI is InChI=1S/C13H15BrClNO4/c1-2-6-19-13-8(15)7-11(13)20-10-5-3-4-9(12(10)14)16(17)18/h3-5,8,11,13H,2,6-7H2,1H3. The number of hydrogen-bond donors (Lipinski definition) is 0. The molecule has 0 N–H and O–H groups in total. The van der Waals surface area contributed by atoms with Crippen LogP contribution < -0.4 is 4.74 Å². The zero-order valence-corrected chi connectivity index (χ0v) is 13.3. The van der Waals surface area contributed by atoms with Crippen LogP contribution in [0.3, 0.4) is 0 Å². The first-order valence-corrected chi connectivity index (χ1v) is 7.62. The van der Waals surface area contributed by atoms with Gasteiger partial charge >= 0.3 is 0 Å². The maximum atomic E-state index is 10.9. The molecule has 110 valence electrons. The van der Waals surface area contributed by atoms with E-state index in [1.165, 1.54) is 6.07 Å². The zero-order chi connectivity index (χ0) is 14.7. The van der Waals surface area contributed by atoms with Gasteiger partial charge in [-0.3, -0.25) is 10.1 Å². The van der Waals surface area contributed by atoms with Gasteiger partial charge < -0.3 is 9.47 Å². The van der Waals surface area contributed by atoms with Crippen molar-refractivity contribution in [2.24, 2.45) is 0 Å². The highest BCUT2D eigenvalue weighted by atomic mass is 79.9. The Hall–Kier alpha value is -0.850. The van der Waals surface area contributed by atoms with Crippen LogP contribution in [0.25, 0.3) is 0 Å². The number of alkyl halides is 1. The van der Waals surface area contributed by atoms with Crippen LogP contribution in [0, 0.1) is 10.1 Å². The van der Waals surface area contributed by atoms with E-state index in [9.17, 15) is 10.1 Å². The van der Waals surface area contributed by atoms with Gasteiger partial charge in [-0.2, -0.15) is 0 Å². The minimum atomic E-state index is -0.451. The van der Waals surface area contributed by atoms with Crippen LogP contribution in [0.5, 0.6) is 5.75 Å². The molecular formula is C13H15BrClNO4. The number of benzene rings is 1. The molecule has 3 unspecified atom stereocenters. The van der Waals surface area contributed by atoms with Crippen molar-refractivity contribution in [2.75, 3.05) is 6.61 Å². The topological polar surface area (TPSA) is 61.6 Å². The fourth-order valence-electron chi connectivity index (χ4n) is 2.00. The monoisotopic (exact) mass is 363 g/mol. The third kappa shape index (κ3) is 3.24. The van der Waals surface area contributed by atoms with E-state index in [2.05, 4.69) is 15.9 Å². The predicted molar refractivity (Wildman–Crippen MR) is 79.5 cm³/mol. The van der Waals surface area contributed by atoms with Gasteiger partial charge in [-0.15, -0.1) is 11.6 Å². The lowest BCUT2D eigenvalue weighted by molar-refractivity contribution is -0.385. The molecule has 0 aliphatic heterocycles. The largest absolute Gasteiger partial charge is 0.486 e. The van der Waals surface area contributed by atoms with Crippen molar-refractivity contribution in [3.8, 4) is 5.75 Å². The van der Waals surface area contributed by atoms with E-state index in [-0.39, 0.29) is 23.3 Å². The Kier molecular flexibility index (Phi) is 5.23. The molecule has 0 saturated heterocycles. The summed E-state index contributed by atoms with van der Waals surface area (Å²) in [6, 6.07) is 4.71. The average molecular weight is 365 g/mol. The molecule has 1 aromatic carbocycles. The first-order chi connectivity index (χ1) is 9.54. The van der Waals surface area contributed by atoms with Crippen molar-refractivity contribution in [1.82, 2.24) is 0 Å². The van der Waals surface area contributed by atoms with Gasteiger partial charge in [0.25, 0.3) is 5.69 Å². The SMILES string of the molecule is CCCOC1C(Cl)CC1Oc1cccc([N+](=O)[O-])c1Br. The Morgan fingerprint density at radius 1 is 1.55 bits per heavy atom. The average Bonchev–Trinajstić information content (AvgIpc) is 2.40. The number of nitro benzene ring substituents is 1. The summed E-state index contributed by atoms with van der Waals surface area (Å²) in [6.07, 6.45) is 1.25. The van der Waals surface area contributed by atoms with E-state index in [0.29, 0.717) is 23.2 Å².